The molecule has 6 nitrogen and oxygen atoms in total. The Morgan fingerprint density at radius 1 is 1.35 bits per heavy atom. The first-order chi connectivity index (χ1) is 8.17. The number of hydrogen-bond donors (Lipinski definition) is 2. The number of anilines is 1. The number of aryl methyl sites for hydroxylation is 2. The van der Waals surface area contributed by atoms with Gasteiger partial charge in [0, 0.05) is 11.3 Å². The number of nitrogens with one attached hydrogen (secondary N) is 1. The van der Waals surface area contributed by atoms with E-state index in [2.05, 4.69) is 20.5 Å². The molecule has 0 aromatic carbocycles. The topological polar surface area (TPSA) is 81.6 Å². The smallest absolute Gasteiger partial charge is 0.162 e. The summed E-state index contributed by atoms with van der Waals surface area (Å²) < 4.78 is 1.82. The number of aromatic nitrogens is 4. The first kappa shape index (κ1) is 11.5. The summed E-state index contributed by atoms with van der Waals surface area (Å²) in [5, 5.41) is 4.42. The Labute approximate surface area is 99.9 Å². The summed E-state index contributed by atoms with van der Waals surface area (Å²) in [6.07, 6.45) is 2.27. The summed E-state index contributed by atoms with van der Waals surface area (Å²) in [5.74, 6) is 6.87. The van der Waals surface area contributed by atoms with Crippen LogP contribution in [0.5, 0.6) is 0 Å². The zero-order valence-electron chi connectivity index (χ0n) is 10.2. The predicted octanol–water partition coefficient (Wildman–Crippen LogP) is 1.13. The highest BCUT2D eigenvalue weighted by molar-refractivity contribution is 5.51. The summed E-state index contributed by atoms with van der Waals surface area (Å²) in [4.78, 5) is 8.40. The highest BCUT2D eigenvalue weighted by Crippen LogP contribution is 2.20. The van der Waals surface area contributed by atoms with E-state index in [1.165, 1.54) is 6.33 Å². The van der Waals surface area contributed by atoms with Crippen molar-refractivity contribution in [2.24, 2.45) is 5.84 Å². The number of nitrogens with two attached hydrogens (primary N) is 1. The minimum absolute atomic E-state index is 0.644. The summed E-state index contributed by atoms with van der Waals surface area (Å²) in [5.41, 5.74) is 5.55. The molecule has 0 amide bonds. The van der Waals surface area contributed by atoms with Gasteiger partial charge in [-0.3, -0.25) is 0 Å². The molecule has 0 unspecified atom stereocenters. The Kier molecular flexibility index (Phi) is 3.06. The molecule has 2 heterocycles. The molecular formula is C11H16N6. The summed E-state index contributed by atoms with van der Waals surface area (Å²) in [7, 11) is 0. The van der Waals surface area contributed by atoms with Gasteiger partial charge in [0.2, 0.25) is 0 Å². The molecule has 0 atom stereocenters. The van der Waals surface area contributed by atoms with Crippen molar-refractivity contribution in [3.8, 4) is 5.82 Å². The van der Waals surface area contributed by atoms with E-state index in [0.29, 0.717) is 5.82 Å². The third-order valence-electron chi connectivity index (χ3n) is 2.62. The second-order valence-electron chi connectivity index (χ2n) is 3.86. The number of hydrazine groups is 1. The Balaban J connectivity index is 2.62. The molecule has 90 valence electrons. The molecule has 6 heteroatoms. The maximum Gasteiger partial charge on any atom is 0.162 e. The Hall–Kier alpha value is -1.95. The fourth-order valence-corrected chi connectivity index (χ4v) is 1.88. The predicted molar refractivity (Wildman–Crippen MR) is 65.8 cm³/mol. The van der Waals surface area contributed by atoms with Crippen molar-refractivity contribution in [2.45, 2.75) is 27.2 Å². The van der Waals surface area contributed by atoms with Crippen LogP contribution in [0.4, 0.5) is 5.82 Å². The SMILES string of the molecule is CCc1c(NN)ncnc1-n1nc(C)cc1C. The van der Waals surface area contributed by atoms with Crippen molar-refractivity contribution in [1.29, 1.82) is 0 Å². The van der Waals surface area contributed by atoms with E-state index in [-0.39, 0.29) is 0 Å². The van der Waals surface area contributed by atoms with Crippen molar-refractivity contribution in [1.82, 2.24) is 19.7 Å². The molecule has 2 aromatic heterocycles. The molecule has 3 N–H and O–H groups in total. The van der Waals surface area contributed by atoms with Gasteiger partial charge in [-0.25, -0.2) is 20.5 Å². The van der Waals surface area contributed by atoms with Crippen molar-refractivity contribution in [2.75, 3.05) is 5.43 Å². The van der Waals surface area contributed by atoms with Crippen molar-refractivity contribution < 1.29 is 0 Å². The number of nitrogens with zero attached hydrogens (tertiary/aromatic N) is 4. The van der Waals surface area contributed by atoms with Gasteiger partial charge in [-0.05, 0) is 26.3 Å². The molecule has 0 aliphatic carbocycles. The number of nitrogen functional groups attached to an aromatic ring is 1. The lowest BCUT2D eigenvalue weighted by Crippen LogP contribution is -2.15. The van der Waals surface area contributed by atoms with Crippen LogP contribution in [0, 0.1) is 13.8 Å². The quantitative estimate of drug-likeness (QED) is 0.612. The highest BCUT2D eigenvalue weighted by Gasteiger charge is 2.13. The largest absolute Gasteiger partial charge is 0.308 e. The van der Waals surface area contributed by atoms with Crippen LogP contribution in [0.1, 0.15) is 23.9 Å². The van der Waals surface area contributed by atoms with E-state index in [0.717, 1.165) is 29.2 Å². The van der Waals surface area contributed by atoms with Gasteiger partial charge >= 0.3 is 0 Å². The van der Waals surface area contributed by atoms with Crippen LogP contribution in [0.25, 0.3) is 5.82 Å². The monoisotopic (exact) mass is 232 g/mol. The molecule has 2 aromatic rings. The minimum Gasteiger partial charge on any atom is -0.308 e. The molecule has 0 aliphatic heterocycles. The first-order valence-corrected chi connectivity index (χ1v) is 5.51. The van der Waals surface area contributed by atoms with Crippen molar-refractivity contribution >= 4 is 5.82 Å². The molecule has 17 heavy (non-hydrogen) atoms. The van der Waals surface area contributed by atoms with E-state index in [4.69, 9.17) is 5.84 Å². The van der Waals surface area contributed by atoms with Crippen LogP contribution in [0.2, 0.25) is 0 Å². The lowest BCUT2D eigenvalue weighted by molar-refractivity contribution is 0.784. The lowest BCUT2D eigenvalue weighted by Gasteiger charge is -2.11. The molecule has 0 fully saturated rings. The van der Waals surface area contributed by atoms with Crippen LogP contribution >= 0.6 is 0 Å². The maximum absolute atomic E-state index is 5.45. The van der Waals surface area contributed by atoms with Gasteiger partial charge in [-0.15, -0.1) is 0 Å². The standard InChI is InChI=1S/C11H16N6/c1-4-9-10(15-12)13-6-14-11(9)17-8(3)5-7(2)16-17/h5-6H,4,12H2,1-3H3,(H,13,14,15). The molecule has 0 aliphatic rings. The summed E-state index contributed by atoms with van der Waals surface area (Å²) in [6, 6.07) is 2.01. The van der Waals surface area contributed by atoms with Crippen LogP contribution in [0.3, 0.4) is 0 Å². The molecule has 0 saturated carbocycles. The molecule has 0 saturated heterocycles. The Bertz CT molecular complexity index is 531. The first-order valence-electron chi connectivity index (χ1n) is 5.51. The average molecular weight is 232 g/mol. The highest BCUT2D eigenvalue weighted by atomic mass is 15.3. The van der Waals surface area contributed by atoms with Gasteiger partial charge in [0.15, 0.2) is 5.82 Å². The molecule has 0 radical (unpaired) electrons. The van der Waals surface area contributed by atoms with E-state index >= 15 is 0 Å². The second kappa shape index (κ2) is 4.50. The van der Waals surface area contributed by atoms with E-state index < -0.39 is 0 Å². The normalized spacial score (nSPS) is 10.6. The number of hydrogen-bond acceptors (Lipinski definition) is 5. The van der Waals surface area contributed by atoms with E-state index in [1.54, 1.807) is 0 Å². The van der Waals surface area contributed by atoms with Gasteiger partial charge < -0.3 is 5.43 Å². The van der Waals surface area contributed by atoms with Gasteiger partial charge in [-0.1, -0.05) is 6.92 Å². The Morgan fingerprint density at radius 3 is 2.65 bits per heavy atom. The zero-order chi connectivity index (χ0) is 12.4. The van der Waals surface area contributed by atoms with Gasteiger partial charge in [0.05, 0.1) is 5.69 Å². The van der Waals surface area contributed by atoms with E-state index in [1.807, 2.05) is 31.5 Å². The molecular weight excluding hydrogens is 216 g/mol. The van der Waals surface area contributed by atoms with Gasteiger partial charge in [0.1, 0.15) is 12.1 Å². The molecule has 0 spiro atoms. The molecule has 2 rings (SSSR count). The third-order valence-corrected chi connectivity index (χ3v) is 2.62. The van der Waals surface area contributed by atoms with Crippen LogP contribution in [-0.4, -0.2) is 19.7 Å². The van der Waals surface area contributed by atoms with Crippen molar-refractivity contribution in [3.63, 3.8) is 0 Å². The van der Waals surface area contributed by atoms with Crippen molar-refractivity contribution in [3.05, 3.63) is 29.3 Å². The van der Waals surface area contributed by atoms with E-state index in [9.17, 15) is 0 Å². The van der Waals surface area contributed by atoms with Crippen LogP contribution in [-0.2, 0) is 6.42 Å². The van der Waals surface area contributed by atoms with Gasteiger partial charge in [-0.2, -0.15) is 5.10 Å². The molecule has 0 bridgehead atoms. The average Bonchev–Trinajstić information content (AvgIpc) is 2.67. The Morgan fingerprint density at radius 2 is 2.12 bits per heavy atom. The van der Waals surface area contributed by atoms with Crippen LogP contribution in [0.15, 0.2) is 12.4 Å². The lowest BCUT2D eigenvalue weighted by atomic mass is 10.2. The summed E-state index contributed by atoms with van der Waals surface area (Å²) >= 11 is 0. The third kappa shape index (κ3) is 1.99. The number of rotatable bonds is 3. The zero-order valence-corrected chi connectivity index (χ0v) is 10.2. The fraction of sp³-hybridized carbons (Fsp3) is 0.364. The summed E-state index contributed by atoms with van der Waals surface area (Å²) in [6.45, 7) is 5.99. The minimum atomic E-state index is 0.644. The second-order valence-corrected chi connectivity index (χ2v) is 3.86. The van der Waals surface area contributed by atoms with Gasteiger partial charge in [0.25, 0.3) is 0 Å². The fourth-order valence-electron chi connectivity index (χ4n) is 1.88. The maximum atomic E-state index is 5.45. The van der Waals surface area contributed by atoms with Crippen LogP contribution < -0.4 is 11.3 Å².